The Morgan fingerprint density at radius 2 is 2.06 bits per heavy atom. The first kappa shape index (κ1) is 10.9. The van der Waals surface area contributed by atoms with Crippen LogP contribution in [0.4, 0.5) is 10.2 Å². The van der Waals surface area contributed by atoms with Crippen LogP contribution in [0.2, 0.25) is 0 Å². The molecule has 16 heavy (non-hydrogen) atoms. The minimum Gasteiger partial charge on any atom is -0.381 e. The summed E-state index contributed by atoms with van der Waals surface area (Å²) in [5.74, 6) is -0.362. The molecule has 6 heteroatoms. The molecule has 0 aliphatic carbocycles. The fraction of sp³-hybridized carbons (Fsp3) is 0.100. The smallest absolute Gasteiger partial charge is 0.186 e. The van der Waals surface area contributed by atoms with Crippen LogP contribution in [-0.2, 0) is 0 Å². The summed E-state index contributed by atoms with van der Waals surface area (Å²) in [5, 5.41) is 0. The van der Waals surface area contributed by atoms with Crippen LogP contribution >= 0.6 is 15.9 Å². The largest absolute Gasteiger partial charge is 0.381 e. The van der Waals surface area contributed by atoms with Gasteiger partial charge in [0.15, 0.2) is 17.5 Å². The average molecular weight is 283 g/mol. The van der Waals surface area contributed by atoms with Gasteiger partial charge in [0, 0.05) is 22.4 Å². The van der Waals surface area contributed by atoms with Crippen molar-refractivity contribution < 1.29 is 4.39 Å². The van der Waals surface area contributed by atoms with Crippen LogP contribution in [0.25, 0.3) is 11.4 Å². The molecule has 4 nitrogen and oxygen atoms in total. The highest BCUT2D eigenvalue weighted by Gasteiger charge is 2.10. The number of hydrogen-bond acceptors (Lipinski definition) is 4. The molecule has 0 aromatic carbocycles. The van der Waals surface area contributed by atoms with Gasteiger partial charge in [0.1, 0.15) is 0 Å². The third-order valence-corrected chi connectivity index (χ3v) is 2.44. The normalized spacial score (nSPS) is 10.4. The molecule has 0 saturated carbocycles. The molecule has 0 spiro atoms. The highest BCUT2D eigenvalue weighted by atomic mass is 79.9. The lowest BCUT2D eigenvalue weighted by Crippen LogP contribution is -2.03. The van der Waals surface area contributed by atoms with Gasteiger partial charge in [0.25, 0.3) is 0 Å². The molecule has 0 atom stereocenters. The van der Waals surface area contributed by atoms with Gasteiger partial charge >= 0.3 is 0 Å². The van der Waals surface area contributed by atoms with Crippen molar-refractivity contribution in [1.82, 2.24) is 15.0 Å². The van der Waals surface area contributed by atoms with Crippen LogP contribution in [-0.4, -0.2) is 15.0 Å². The summed E-state index contributed by atoms with van der Waals surface area (Å²) in [6, 6.07) is 1.79. The Balaban J connectivity index is 2.57. The van der Waals surface area contributed by atoms with E-state index in [4.69, 9.17) is 5.73 Å². The van der Waals surface area contributed by atoms with Crippen molar-refractivity contribution in [2.24, 2.45) is 0 Å². The lowest BCUT2D eigenvalue weighted by molar-refractivity contribution is 0.608. The molecule has 0 saturated heterocycles. The Hall–Kier alpha value is -1.56. The Bertz CT molecular complexity index is 521. The monoisotopic (exact) mass is 282 g/mol. The highest BCUT2D eigenvalue weighted by molar-refractivity contribution is 9.10. The number of hydrogen-bond donors (Lipinski definition) is 1. The average Bonchev–Trinajstić information content (AvgIpc) is 2.25. The Kier molecular flexibility index (Phi) is 2.82. The molecule has 2 aromatic rings. The third-order valence-electron chi connectivity index (χ3n) is 2.01. The maximum absolute atomic E-state index is 13.2. The van der Waals surface area contributed by atoms with E-state index in [0.29, 0.717) is 11.4 Å². The second-order valence-corrected chi connectivity index (χ2v) is 4.14. The number of rotatable bonds is 1. The van der Waals surface area contributed by atoms with Gasteiger partial charge in [0.2, 0.25) is 0 Å². The van der Waals surface area contributed by atoms with E-state index < -0.39 is 5.82 Å². The first-order chi connectivity index (χ1) is 7.58. The molecule has 2 aromatic heterocycles. The first-order valence-electron chi connectivity index (χ1n) is 4.48. The van der Waals surface area contributed by atoms with Crippen molar-refractivity contribution >= 4 is 21.7 Å². The van der Waals surface area contributed by atoms with Crippen LogP contribution in [0.15, 0.2) is 22.9 Å². The minimum atomic E-state index is -0.577. The van der Waals surface area contributed by atoms with Gasteiger partial charge in [-0.3, -0.25) is 4.98 Å². The number of nitrogen functional groups attached to an aromatic ring is 1. The van der Waals surface area contributed by atoms with E-state index in [-0.39, 0.29) is 11.5 Å². The van der Waals surface area contributed by atoms with Crippen LogP contribution in [0.1, 0.15) is 5.69 Å². The summed E-state index contributed by atoms with van der Waals surface area (Å²) in [6.07, 6.45) is 3.24. The zero-order valence-corrected chi connectivity index (χ0v) is 9.99. The summed E-state index contributed by atoms with van der Waals surface area (Å²) in [5.41, 5.74) is 6.35. The van der Waals surface area contributed by atoms with Gasteiger partial charge in [-0.25, -0.2) is 14.4 Å². The van der Waals surface area contributed by atoms with E-state index in [2.05, 4.69) is 30.9 Å². The molecule has 2 heterocycles. The van der Waals surface area contributed by atoms with E-state index in [1.807, 2.05) is 0 Å². The van der Waals surface area contributed by atoms with Crippen LogP contribution in [0.5, 0.6) is 0 Å². The number of nitrogens with two attached hydrogens (primary N) is 1. The highest BCUT2D eigenvalue weighted by Crippen LogP contribution is 2.21. The number of pyridine rings is 1. The maximum Gasteiger partial charge on any atom is 0.186 e. The summed E-state index contributed by atoms with van der Waals surface area (Å²) >= 11 is 3.29. The number of halogens is 2. The van der Waals surface area contributed by atoms with E-state index in [0.717, 1.165) is 4.47 Å². The molecule has 0 unspecified atom stereocenters. The molecule has 0 amide bonds. The van der Waals surface area contributed by atoms with Crippen molar-refractivity contribution in [2.75, 3.05) is 5.73 Å². The summed E-state index contributed by atoms with van der Waals surface area (Å²) in [4.78, 5) is 11.9. The van der Waals surface area contributed by atoms with E-state index >= 15 is 0 Å². The number of aromatic nitrogens is 3. The number of anilines is 1. The number of nitrogens with zero attached hydrogens (tertiary/aromatic N) is 3. The van der Waals surface area contributed by atoms with Gasteiger partial charge in [-0.15, -0.1) is 0 Å². The summed E-state index contributed by atoms with van der Waals surface area (Å²) in [7, 11) is 0. The lowest BCUT2D eigenvalue weighted by atomic mass is 10.2. The van der Waals surface area contributed by atoms with Gasteiger partial charge < -0.3 is 5.73 Å². The lowest BCUT2D eigenvalue weighted by Gasteiger charge is -2.04. The molecule has 0 radical (unpaired) electrons. The van der Waals surface area contributed by atoms with Gasteiger partial charge in [-0.2, -0.15) is 0 Å². The predicted octanol–water partition coefficient (Wildman–Crippen LogP) is 2.33. The Labute approximate surface area is 99.9 Å². The molecule has 0 aliphatic heterocycles. The standard InChI is InChI=1S/C10H8BrFN4/c1-5-8(12)9(13)16-10(15-5)6-2-7(11)4-14-3-6/h2-4H,1H3,(H2,13,15,16). The molecular weight excluding hydrogens is 275 g/mol. The van der Waals surface area contributed by atoms with Gasteiger partial charge in [0.05, 0.1) is 5.69 Å². The molecule has 0 aliphatic rings. The first-order valence-corrected chi connectivity index (χ1v) is 5.28. The van der Waals surface area contributed by atoms with Gasteiger partial charge in [-0.1, -0.05) is 0 Å². The topological polar surface area (TPSA) is 64.7 Å². The molecular formula is C10H8BrFN4. The maximum atomic E-state index is 13.2. The zero-order chi connectivity index (χ0) is 11.7. The van der Waals surface area contributed by atoms with Crippen LogP contribution < -0.4 is 5.73 Å². The van der Waals surface area contributed by atoms with E-state index in [1.54, 1.807) is 25.4 Å². The van der Waals surface area contributed by atoms with Crippen molar-refractivity contribution in [1.29, 1.82) is 0 Å². The third kappa shape index (κ3) is 2.01. The minimum absolute atomic E-state index is 0.150. The van der Waals surface area contributed by atoms with E-state index in [9.17, 15) is 4.39 Å². The van der Waals surface area contributed by atoms with Crippen molar-refractivity contribution in [3.05, 3.63) is 34.4 Å². The van der Waals surface area contributed by atoms with E-state index in [1.165, 1.54) is 0 Å². The van der Waals surface area contributed by atoms with Crippen molar-refractivity contribution in [3.8, 4) is 11.4 Å². The second-order valence-electron chi connectivity index (χ2n) is 3.22. The molecule has 2 N–H and O–H groups in total. The fourth-order valence-corrected chi connectivity index (χ4v) is 1.61. The molecule has 82 valence electrons. The molecule has 2 rings (SSSR count). The van der Waals surface area contributed by atoms with Crippen molar-refractivity contribution in [2.45, 2.75) is 6.92 Å². The van der Waals surface area contributed by atoms with Crippen LogP contribution in [0.3, 0.4) is 0 Å². The van der Waals surface area contributed by atoms with Gasteiger partial charge in [-0.05, 0) is 28.9 Å². The van der Waals surface area contributed by atoms with Crippen molar-refractivity contribution in [3.63, 3.8) is 0 Å². The summed E-state index contributed by atoms with van der Waals surface area (Å²) in [6.45, 7) is 1.54. The number of aryl methyl sites for hydroxylation is 1. The second kappa shape index (κ2) is 4.13. The molecule has 0 bridgehead atoms. The Morgan fingerprint density at radius 3 is 2.69 bits per heavy atom. The quantitative estimate of drug-likeness (QED) is 0.872. The molecule has 0 fully saturated rings. The SMILES string of the molecule is Cc1nc(-c2cncc(Br)c2)nc(N)c1F. The summed E-state index contributed by atoms with van der Waals surface area (Å²) < 4.78 is 14.0. The van der Waals surface area contributed by atoms with Crippen LogP contribution in [0, 0.1) is 12.7 Å². The predicted molar refractivity (Wildman–Crippen MR) is 62.1 cm³/mol. The Morgan fingerprint density at radius 1 is 1.31 bits per heavy atom. The zero-order valence-electron chi connectivity index (χ0n) is 8.41. The fourth-order valence-electron chi connectivity index (χ4n) is 1.24.